The molecule has 0 unspecified atom stereocenters. The molecule has 0 aliphatic heterocycles. The van der Waals surface area contributed by atoms with Crippen LogP contribution in [0.1, 0.15) is 27.2 Å². The molecule has 0 aromatic rings. The predicted molar refractivity (Wildman–Crippen MR) is 46.9 cm³/mol. The molecule has 0 atom stereocenters. The van der Waals surface area contributed by atoms with Crippen molar-refractivity contribution in [3.05, 3.63) is 0 Å². The molecule has 0 aliphatic rings. The van der Waals surface area contributed by atoms with Gasteiger partial charge in [-0.3, -0.25) is 4.79 Å². The molecule has 0 heterocycles. The Morgan fingerprint density at radius 1 is 1.42 bits per heavy atom. The molecule has 0 saturated heterocycles. The fourth-order valence-corrected chi connectivity index (χ4v) is 0.810. The first-order chi connectivity index (χ1) is 5.54. The van der Waals surface area contributed by atoms with Crippen molar-refractivity contribution in [2.45, 2.75) is 27.2 Å². The first-order valence-electron chi connectivity index (χ1n) is 4.20. The molecule has 0 amide bonds. The van der Waals surface area contributed by atoms with Gasteiger partial charge in [-0.2, -0.15) is 0 Å². The first-order valence-corrected chi connectivity index (χ1v) is 4.20. The van der Waals surface area contributed by atoms with Crippen LogP contribution < -0.4 is 0 Å². The maximum Gasteiger partial charge on any atom is 0.313 e. The van der Waals surface area contributed by atoms with Crippen LogP contribution in [0.25, 0.3) is 0 Å². The molecule has 0 radical (unpaired) electrons. The summed E-state index contributed by atoms with van der Waals surface area (Å²) in [7, 11) is 1.58. The van der Waals surface area contributed by atoms with Crippen LogP contribution >= 0.6 is 0 Å². The zero-order chi connectivity index (χ0) is 9.61. The summed E-state index contributed by atoms with van der Waals surface area (Å²) in [5.41, 5.74) is -0.524. The van der Waals surface area contributed by atoms with Crippen molar-refractivity contribution < 1.29 is 14.3 Å². The van der Waals surface area contributed by atoms with E-state index in [4.69, 9.17) is 9.47 Å². The minimum atomic E-state index is -0.524. The predicted octanol–water partition coefficient (Wildman–Crippen LogP) is 1.61. The molecule has 0 aliphatic carbocycles. The molecule has 0 rings (SSSR count). The summed E-state index contributed by atoms with van der Waals surface area (Å²) in [4.78, 5) is 11.3. The van der Waals surface area contributed by atoms with Crippen LogP contribution in [-0.2, 0) is 14.3 Å². The van der Waals surface area contributed by atoms with Gasteiger partial charge in [0, 0.05) is 7.11 Å². The summed E-state index contributed by atoms with van der Waals surface area (Å²) < 4.78 is 9.90. The van der Waals surface area contributed by atoms with Crippen LogP contribution in [0.2, 0.25) is 0 Å². The smallest absolute Gasteiger partial charge is 0.313 e. The minimum absolute atomic E-state index is 0.189. The Bertz CT molecular complexity index is 141. The second kappa shape index (κ2) is 5.14. The standard InChI is InChI=1S/C9H18O3/c1-5-6-12-8(10)9(2,3)7-11-4/h5-7H2,1-4H3. The molecule has 0 fully saturated rings. The Balaban J connectivity index is 3.88. The van der Waals surface area contributed by atoms with Crippen molar-refractivity contribution in [1.29, 1.82) is 0 Å². The molecule has 0 aromatic carbocycles. The number of hydrogen-bond acceptors (Lipinski definition) is 3. The highest BCUT2D eigenvalue weighted by Gasteiger charge is 2.28. The topological polar surface area (TPSA) is 35.5 Å². The van der Waals surface area contributed by atoms with E-state index in [0.29, 0.717) is 13.2 Å². The highest BCUT2D eigenvalue weighted by Crippen LogP contribution is 2.17. The molecule has 3 heteroatoms. The Kier molecular flexibility index (Phi) is 4.90. The molecular weight excluding hydrogens is 156 g/mol. The van der Waals surface area contributed by atoms with Gasteiger partial charge in [-0.15, -0.1) is 0 Å². The van der Waals surface area contributed by atoms with E-state index < -0.39 is 5.41 Å². The summed E-state index contributed by atoms with van der Waals surface area (Å²) in [6, 6.07) is 0. The number of carbonyl (C=O) groups is 1. The lowest BCUT2D eigenvalue weighted by atomic mass is 9.95. The largest absolute Gasteiger partial charge is 0.465 e. The number of esters is 1. The Hall–Kier alpha value is -0.570. The monoisotopic (exact) mass is 174 g/mol. The summed E-state index contributed by atoms with van der Waals surface area (Å²) >= 11 is 0. The molecular formula is C9H18O3. The van der Waals surface area contributed by atoms with Crippen LogP contribution in [0.5, 0.6) is 0 Å². The maximum absolute atomic E-state index is 11.3. The Morgan fingerprint density at radius 3 is 2.42 bits per heavy atom. The van der Waals surface area contributed by atoms with Gasteiger partial charge in [-0.05, 0) is 20.3 Å². The van der Waals surface area contributed by atoms with Crippen molar-refractivity contribution >= 4 is 5.97 Å². The van der Waals surface area contributed by atoms with Crippen LogP contribution in [-0.4, -0.2) is 26.3 Å². The Morgan fingerprint density at radius 2 is 2.00 bits per heavy atom. The molecule has 3 nitrogen and oxygen atoms in total. The van der Waals surface area contributed by atoms with Crippen LogP contribution in [0.15, 0.2) is 0 Å². The molecule has 0 bridgehead atoms. The lowest BCUT2D eigenvalue weighted by molar-refractivity contribution is -0.156. The highest BCUT2D eigenvalue weighted by atomic mass is 16.5. The van der Waals surface area contributed by atoms with Gasteiger partial charge >= 0.3 is 5.97 Å². The molecule has 72 valence electrons. The van der Waals surface area contributed by atoms with Gasteiger partial charge in [0.1, 0.15) is 0 Å². The van der Waals surface area contributed by atoms with Crippen LogP contribution in [0.3, 0.4) is 0 Å². The van der Waals surface area contributed by atoms with Gasteiger partial charge < -0.3 is 9.47 Å². The summed E-state index contributed by atoms with van der Waals surface area (Å²) in [5.74, 6) is -0.189. The van der Waals surface area contributed by atoms with Gasteiger partial charge in [0.15, 0.2) is 0 Å². The van der Waals surface area contributed by atoms with Crippen molar-refractivity contribution in [2.75, 3.05) is 20.3 Å². The molecule has 12 heavy (non-hydrogen) atoms. The normalized spacial score (nSPS) is 11.3. The Labute approximate surface area is 74.0 Å². The first kappa shape index (κ1) is 11.4. The third-order valence-corrected chi connectivity index (χ3v) is 1.50. The van der Waals surface area contributed by atoms with E-state index in [-0.39, 0.29) is 5.97 Å². The molecule has 0 saturated carbocycles. The van der Waals surface area contributed by atoms with Crippen LogP contribution in [0.4, 0.5) is 0 Å². The third-order valence-electron chi connectivity index (χ3n) is 1.50. The fraction of sp³-hybridized carbons (Fsp3) is 0.889. The maximum atomic E-state index is 11.3. The average Bonchev–Trinajstić information content (AvgIpc) is 2.00. The second-order valence-electron chi connectivity index (χ2n) is 3.45. The van der Waals surface area contributed by atoms with Crippen molar-refractivity contribution in [1.82, 2.24) is 0 Å². The van der Waals surface area contributed by atoms with Gasteiger partial charge in [0.05, 0.1) is 18.6 Å². The van der Waals surface area contributed by atoms with E-state index in [0.717, 1.165) is 6.42 Å². The SMILES string of the molecule is CCCOC(=O)C(C)(C)COC. The van der Waals surface area contributed by atoms with E-state index in [1.165, 1.54) is 0 Å². The van der Waals surface area contributed by atoms with E-state index in [1.54, 1.807) is 7.11 Å². The second-order valence-corrected chi connectivity index (χ2v) is 3.45. The summed E-state index contributed by atoms with van der Waals surface area (Å²) in [6.45, 7) is 6.49. The zero-order valence-corrected chi connectivity index (χ0v) is 8.35. The number of hydrogen-bond donors (Lipinski definition) is 0. The number of carbonyl (C=O) groups excluding carboxylic acids is 1. The van der Waals surface area contributed by atoms with Gasteiger partial charge in [-0.1, -0.05) is 6.92 Å². The fourth-order valence-electron chi connectivity index (χ4n) is 0.810. The number of ether oxygens (including phenoxy) is 2. The summed E-state index contributed by atoms with van der Waals surface area (Å²) in [5, 5.41) is 0. The van der Waals surface area contributed by atoms with E-state index in [1.807, 2.05) is 20.8 Å². The van der Waals surface area contributed by atoms with Gasteiger partial charge in [-0.25, -0.2) is 0 Å². The quantitative estimate of drug-likeness (QED) is 0.594. The van der Waals surface area contributed by atoms with E-state index >= 15 is 0 Å². The lowest BCUT2D eigenvalue weighted by Crippen LogP contribution is -2.31. The highest BCUT2D eigenvalue weighted by molar-refractivity contribution is 5.76. The molecule has 0 aromatic heterocycles. The number of methoxy groups -OCH3 is 1. The van der Waals surface area contributed by atoms with E-state index in [9.17, 15) is 4.79 Å². The van der Waals surface area contributed by atoms with E-state index in [2.05, 4.69) is 0 Å². The van der Waals surface area contributed by atoms with Crippen LogP contribution in [0, 0.1) is 5.41 Å². The minimum Gasteiger partial charge on any atom is -0.465 e. The molecule has 0 N–H and O–H groups in total. The summed E-state index contributed by atoms with van der Waals surface area (Å²) in [6.07, 6.45) is 0.856. The lowest BCUT2D eigenvalue weighted by Gasteiger charge is -2.20. The van der Waals surface area contributed by atoms with Gasteiger partial charge in [0.2, 0.25) is 0 Å². The number of rotatable bonds is 5. The van der Waals surface area contributed by atoms with Gasteiger partial charge in [0.25, 0.3) is 0 Å². The average molecular weight is 174 g/mol. The van der Waals surface area contributed by atoms with Crippen molar-refractivity contribution in [3.63, 3.8) is 0 Å². The van der Waals surface area contributed by atoms with Crippen molar-refractivity contribution in [2.24, 2.45) is 5.41 Å². The van der Waals surface area contributed by atoms with Crippen molar-refractivity contribution in [3.8, 4) is 0 Å². The third kappa shape index (κ3) is 3.72. The molecule has 0 spiro atoms. The zero-order valence-electron chi connectivity index (χ0n) is 8.35.